The summed E-state index contributed by atoms with van der Waals surface area (Å²) in [7, 11) is 0. The monoisotopic (exact) mass is 360 g/mol. The van der Waals surface area contributed by atoms with Crippen LogP contribution in [0.4, 0.5) is 5.69 Å². The fourth-order valence-corrected chi connectivity index (χ4v) is 4.72. The van der Waals surface area contributed by atoms with Gasteiger partial charge in [0.05, 0.1) is 0 Å². The summed E-state index contributed by atoms with van der Waals surface area (Å²) < 4.78 is 0. The quantitative estimate of drug-likeness (QED) is 0.771. The van der Waals surface area contributed by atoms with E-state index in [1.165, 1.54) is 16.7 Å². The number of hydrogen-bond acceptors (Lipinski definition) is 2. The summed E-state index contributed by atoms with van der Waals surface area (Å²) >= 11 is 0. The van der Waals surface area contributed by atoms with E-state index in [4.69, 9.17) is 0 Å². The van der Waals surface area contributed by atoms with Crippen molar-refractivity contribution in [1.82, 2.24) is 4.90 Å². The van der Waals surface area contributed by atoms with Crippen LogP contribution in [0.25, 0.3) is 0 Å². The average Bonchev–Trinajstić information content (AvgIpc) is 3.44. The molecule has 0 spiro atoms. The molecule has 1 aliphatic carbocycles. The van der Waals surface area contributed by atoms with Crippen molar-refractivity contribution in [1.29, 1.82) is 0 Å². The number of benzene rings is 2. The van der Waals surface area contributed by atoms with Crippen molar-refractivity contribution in [3.63, 3.8) is 0 Å². The first-order valence-electron chi connectivity index (χ1n) is 9.88. The van der Waals surface area contributed by atoms with Crippen molar-refractivity contribution in [3.8, 4) is 0 Å². The highest BCUT2D eigenvalue weighted by molar-refractivity contribution is 6.15. The molecule has 3 aliphatic rings. The standard InChI is InChI=1S/C23H24N2O2/c1-16-14-18-7-4-5-9-20(18)25(16)22(27)23(11-12-23)21(26)24-13-10-17-6-2-3-8-19(17)15-24/h2-9,16H,10-15H2,1H3. The number of fused-ring (bicyclic) bond motifs is 2. The Morgan fingerprint density at radius 1 is 0.926 bits per heavy atom. The lowest BCUT2D eigenvalue weighted by Gasteiger charge is -2.34. The van der Waals surface area contributed by atoms with Crippen molar-refractivity contribution in [2.45, 2.75) is 45.2 Å². The van der Waals surface area contributed by atoms with E-state index in [2.05, 4.69) is 31.2 Å². The number of carbonyl (C=O) groups excluding carboxylic acids is 2. The Kier molecular flexibility index (Phi) is 3.64. The molecule has 138 valence electrons. The van der Waals surface area contributed by atoms with Gasteiger partial charge in [0.2, 0.25) is 11.8 Å². The van der Waals surface area contributed by atoms with E-state index in [1.54, 1.807) is 0 Å². The van der Waals surface area contributed by atoms with Crippen molar-refractivity contribution in [2.75, 3.05) is 11.4 Å². The molecule has 1 atom stereocenters. The molecular formula is C23H24N2O2. The predicted molar refractivity (Wildman–Crippen MR) is 104 cm³/mol. The van der Waals surface area contributed by atoms with Gasteiger partial charge >= 0.3 is 0 Å². The highest BCUT2D eigenvalue weighted by Crippen LogP contribution is 2.51. The highest BCUT2D eigenvalue weighted by Gasteiger charge is 2.60. The smallest absolute Gasteiger partial charge is 0.242 e. The molecule has 2 aromatic rings. The van der Waals surface area contributed by atoms with Crippen molar-refractivity contribution >= 4 is 17.5 Å². The maximum absolute atomic E-state index is 13.5. The van der Waals surface area contributed by atoms with Gasteiger partial charge in [0.25, 0.3) is 0 Å². The third kappa shape index (κ3) is 2.50. The summed E-state index contributed by atoms with van der Waals surface area (Å²) in [6.07, 6.45) is 3.08. The number of rotatable bonds is 2. The molecule has 4 nitrogen and oxygen atoms in total. The van der Waals surface area contributed by atoms with Crippen LogP contribution in [-0.2, 0) is 29.0 Å². The summed E-state index contributed by atoms with van der Waals surface area (Å²) in [5.74, 6) is 0.0300. The fraction of sp³-hybridized carbons (Fsp3) is 0.391. The minimum absolute atomic E-state index is 0.00353. The van der Waals surface area contributed by atoms with E-state index >= 15 is 0 Å². The Morgan fingerprint density at radius 2 is 1.59 bits per heavy atom. The Balaban J connectivity index is 1.41. The first-order chi connectivity index (χ1) is 13.1. The highest BCUT2D eigenvalue weighted by atomic mass is 16.2. The Labute approximate surface area is 159 Å². The number of amides is 2. The SMILES string of the molecule is CC1Cc2ccccc2N1C(=O)C1(C(=O)N2CCc3ccccc3C2)CC1. The number of para-hydroxylation sites is 1. The van der Waals surface area contributed by atoms with Crippen LogP contribution >= 0.6 is 0 Å². The van der Waals surface area contributed by atoms with Crippen LogP contribution in [-0.4, -0.2) is 29.3 Å². The minimum Gasteiger partial charge on any atom is -0.337 e. The van der Waals surface area contributed by atoms with Gasteiger partial charge in [0.15, 0.2) is 0 Å². The first kappa shape index (κ1) is 16.5. The van der Waals surface area contributed by atoms with Crippen LogP contribution in [0.2, 0.25) is 0 Å². The van der Waals surface area contributed by atoms with Crippen LogP contribution in [0.5, 0.6) is 0 Å². The van der Waals surface area contributed by atoms with E-state index in [0.717, 1.165) is 18.5 Å². The topological polar surface area (TPSA) is 40.6 Å². The van der Waals surface area contributed by atoms with Gasteiger partial charge in [-0.3, -0.25) is 9.59 Å². The van der Waals surface area contributed by atoms with E-state index < -0.39 is 5.41 Å². The molecule has 2 aromatic carbocycles. The van der Waals surface area contributed by atoms with Crippen LogP contribution < -0.4 is 4.90 Å². The molecule has 2 heterocycles. The third-order valence-electron chi connectivity index (χ3n) is 6.41. The average molecular weight is 360 g/mol. The molecule has 0 aromatic heterocycles. The van der Waals surface area contributed by atoms with Crippen molar-refractivity contribution in [2.24, 2.45) is 5.41 Å². The molecular weight excluding hydrogens is 336 g/mol. The summed E-state index contributed by atoms with van der Waals surface area (Å²) in [6, 6.07) is 16.5. The lowest BCUT2D eigenvalue weighted by Crippen LogP contribution is -2.49. The van der Waals surface area contributed by atoms with Crippen LogP contribution in [0.15, 0.2) is 48.5 Å². The van der Waals surface area contributed by atoms with E-state index in [1.807, 2.05) is 34.1 Å². The van der Waals surface area contributed by atoms with Crippen LogP contribution in [0.1, 0.15) is 36.5 Å². The molecule has 2 amide bonds. The molecule has 0 N–H and O–H groups in total. The number of carbonyl (C=O) groups is 2. The zero-order chi connectivity index (χ0) is 18.6. The summed E-state index contributed by atoms with van der Waals surface area (Å²) in [4.78, 5) is 30.7. The third-order valence-corrected chi connectivity index (χ3v) is 6.41. The molecule has 4 heteroatoms. The Hall–Kier alpha value is -2.62. The van der Waals surface area contributed by atoms with Gasteiger partial charge in [-0.1, -0.05) is 42.5 Å². The molecule has 27 heavy (non-hydrogen) atoms. The Bertz CT molecular complexity index is 931. The van der Waals surface area contributed by atoms with Crippen molar-refractivity contribution < 1.29 is 9.59 Å². The van der Waals surface area contributed by atoms with Crippen molar-refractivity contribution in [3.05, 3.63) is 65.2 Å². The number of anilines is 1. The zero-order valence-electron chi connectivity index (χ0n) is 15.6. The lowest BCUT2D eigenvalue weighted by atomic mass is 9.96. The van der Waals surface area contributed by atoms with E-state index in [0.29, 0.717) is 25.9 Å². The normalized spacial score (nSPS) is 22.2. The van der Waals surface area contributed by atoms with Gasteiger partial charge in [-0.15, -0.1) is 0 Å². The predicted octanol–water partition coefficient (Wildman–Crippen LogP) is 3.33. The molecule has 5 rings (SSSR count). The molecule has 0 bridgehead atoms. The molecule has 1 unspecified atom stereocenters. The summed E-state index contributed by atoms with van der Waals surface area (Å²) in [6.45, 7) is 3.41. The largest absolute Gasteiger partial charge is 0.337 e. The second-order valence-electron chi connectivity index (χ2n) is 8.18. The number of nitrogens with zero attached hydrogens (tertiary/aromatic N) is 2. The van der Waals surface area contributed by atoms with Gasteiger partial charge in [-0.25, -0.2) is 0 Å². The molecule has 0 saturated heterocycles. The van der Waals surface area contributed by atoms with Gasteiger partial charge in [0, 0.05) is 24.8 Å². The second kappa shape index (κ2) is 5.95. The summed E-state index contributed by atoms with van der Waals surface area (Å²) in [5.41, 5.74) is 3.88. The maximum Gasteiger partial charge on any atom is 0.242 e. The molecule has 1 fully saturated rings. The maximum atomic E-state index is 13.5. The molecule has 2 aliphatic heterocycles. The summed E-state index contributed by atoms with van der Waals surface area (Å²) in [5, 5.41) is 0. The lowest BCUT2D eigenvalue weighted by molar-refractivity contribution is -0.144. The van der Waals surface area contributed by atoms with E-state index in [-0.39, 0.29) is 17.9 Å². The van der Waals surface area contributed by atoms with Crippen LogP contribution in [0, 0.1) is 5.41 Å². The van der Waals surface area contributed by atoms with Gasteiger partial charge < -0.3 is 9.80 Å². The molecule has 0 radical (unpaired) electrons. The second-order valence-corrected chi connectivity index (χ2v) is 8.18. The Morgan fingerprint density at radius 3 is 2.33 bits per heavy atom. The first-order valence-corrected chi connectivity index (χ1v) is 9.88. The molecule has 1 saturated carbocycles. The zero-order valence-corrected chi connectivity index (χ0v) is 15.6. The van der Waals surface area contributed by atoms with Gasteiger partial charge in [-0.05, 0) is 55.4 Å². The fourth-order valence-electron chi connectivity index (χ4n) is 4.72. The van der Waals surface area contributed by atoms with Gasteiger partial charge in [0.1, 0.15) is 5.41 Å². The van der Waals surface area contributed by atoms with Gasteiger partial charge in [-0.2, -0.15) is 0 Å². The van der Waals surface area contributed by atoms with Crippen LogP contribution in [0.3, 0.4) is 0 Å². The minimum atomic E-state index is -0.835. The van der Waals surface area contributed by atoms with E-state index in [9.17, 15) is 9.59 Å². The number of hydrogen-bond donors (Lipinski definition) is 0.